The number of hydrogen-bond acceptors (Lipinski definition) is 2. The molecule has 0 fully saturated rings. The standard InChI is InChI=1S/C12H11ClFNO/c1-15-7-12-9(4-5-16-12)10-6-8(14)2-3-11(10)13/h2-6,15H,7H2,1H3. The van der Waals surface area contributed by atoms with Crippen LogP contribution >= 0.6 is 11.6 Å². The van der Waals surface area contributed by atoms with Crippen molar-refractivity contribution in [2.24, 2.45) is 0 Å². The molecule has 0 atom stereocenters. The van der Waals surface area contributed by atoms with Gasteiger partial charge < -0.3 is 9.73 Å². The van der Waals surface area contributed by atoms with Gasteiger partial charge in [0.25, 0.3) is 0 Å². The van der Waals surface area contributed by atoms with Crippen LogP contribution in [0.5, 0.6) is 0 Å². The van der Waals surface area contributed by atoms with Crippen LogP contribution in [0.4, 0.5) is 4.39 Å². The monoisotopic (exact) mass is 239 g/mol. The van der Waals surface area contributed by atoms with Gasteiger partial charge in [-0.3, -0.25) is 0 Å². The molecule has 0 saturated heterocycles. The van der Waals surface area contributed by atoms with Crippen molar-refractivity contribution < 1.29 is 8.81 Å². The van der Waals surface area contributed by atoms with E-state index in [0.717, 1.165) is 11.3 Å². The van der Waals surface area contributed by atoms with Crippen LogP contribution in [0.2, 0.25) is 5.02 Å². The highest BCUT2D eigenvalue weighted by atomic mass is 35.5. The average Bonchev–Trinajstić information content (AvgIpc) is 2.70. The SMILES string of the molecule is CNCc1occc1-c1cc(F)ccc1Cl. The van der Waals surface area contributed by atoms with Crippen LogP contribution in [0.25, 0.3) is 11.1 Å². The fourth-order valence-corrected chi connectivity index (χ4v) is 1.80. The van der Waals surface area contributed by atoms with Crippen LogP contribution in [-0.2, 0) is 6.54 Å². The van der Waals surface area contributed by atoms with Crippen LogP contribution in [0, 0.1) is 5.82 Å². The molecule has 0 spiro atoms. The lowest BCUT2D eigenvalue weighted by Crippen LogP contribution is -2.04. The third-order valence-electron chi connectivity index (χ3n) is 2.30. The average molecular weight is 240 g/mol. The Labute approximate surface area is 98.0 Å². The Balaban J connectivity index is 2.49. The molecular formula is C12H11ClFNO. The van der Waals surface area contributed by atoms with Gasteiger partial charge in [0.1, 0.15) is 11.6 Å². The Morgan fingerprint density at radius 3 is 2.88 bits per heavy atom. The number of nitrogens with one attached hydrogen (secondary N) is 1. The summed E-state index contributed by atoms with van der Waals surface area (Å²) in [6.45, 7) is 0.579. The predicted octanol–water partition coefficient (Wildman–Crippen LogP) is 3.46. The molecule has 0 aliphatic heterocycles. The highest BCUT2D eigenvalue weighted by molar-refractivity contribution is 6.33. The molecule has 0 saturated carbocycles. The van der Waals surface area contributed by atoms with E-state index in [4.69, 9.17) is 16.0 Å². The van der Waals surface area contributed by atoms with Crippen LogP contribution in [0.3, 0.4) is 0 Å². The Morgan fingerprint density at radius 1 is 1.31 bits per heavy atom. The fourth-order valence-electron chi connectivity index (χ4n) is 1.58. The van der Waals surface area contributed by atoms with E-state index in [2.05, 4.69) is 5.32 Å². The van der Waals surface area contributed by atoms with Crippen LogP contribution < -0.4 is 5.32 Å². The minimum absolute atomic E-state index is 0.309. The van der Waals surface area contributed by atoms with Crippen molar-refractivity contribution >= 4 is 11.6 Å². The Morgan fingerprint density at radius 2 is 2.12 bits per heavy atom. The topological polar surface area (TPSA) is 25.2 Å². The molecule has 0 amide bonds. The molecule has 1 aromatic heterocycles. The Hall–Kier alpha value is -1.32. The van der Waals surface area contributed by atoms with E-state index in [1.807, 2.05) is 7.05 Å². The first-order chi connectivity index (χ1) is 7.72. The molecule has 1 heterocycles. The third-order valence-corrected chi connectivity index (χ3v) is 2.63. The predicted molar refractivity (Wildman–Crippen MR) is 61.9 cm³/mol. The summed E-state index contributed by atoms with van der Waals surface area (Å²) in [6, 6.07) is 6.08. The molecule has 1 N–H and O–H groups in total. The van der Waals surface area contributed by atoms with Crippen molar-refractivity contribution in [3.8, 4) is 11.1 Å². The van der Waals surface area contributed by atoms with E-state index in [-0.39, 0.29) is 5.82 Å². The molecule has 16 heavy (non-hydrogen) atoms. The van der Waals surface area contributed by atoms with Gasteiger partial charge in [-0.15, -0.1) is 0 Å². The summed E-state index contributed by atoms with van der Waals surface area (Å²) in [5, 5.41) is 3.50. The molecule has 4 heteroatoms. The molecule has 0 radical (unpaired) electrons. The number of rotatable bonds is 3. The van der Waals surface area contributed by atoms with Gasteiger partial charge in [0.15, 0.2) is 0 Å². The van der Waals surface area contributed by atoms with E-state index >= 15 is 0 Å². The van der Waals surface area contributed by atoms with Crippen LogP contribution in [-0.4, -0.2) is 7.05 Å². The van der Waals surface area contributed by atoms with E-state index in [1.54, 1.807) is 18.4 Å². The first-order valence-electron chi connectivity index (χ1n) is 4.88. The zero-order chi connectivity index (χ0) is 11.5. The maximum absolute atomic E-state index is 13.2. The quantitative estimate of drug-likeness (QED) is 0.888. The highest BCUT2D eigenvalue weighted by Gasteiger charge is 2.11. The molecule has 2 rings (SSSR count). The lowest BCUT2D eigenvalue weighted by Gasteiger charge is -2.04. The van der Waals surface area contributed by atoms with Gasteiger partial charge in [0.2, 0.25) is 0 Å². The zero-order valence-electron chi connectivity index (χ0n) is 8.76. The van der Waals surface area contributed by atoms with Crippen LogP contribution in [0.1, 0.15) is 5.76 Å². The first kappa shape index (κ1) is 11.2. The molecule has 0 unspecified atom stereocenters. The lowest BCUT2D eigenvalue weighted by atomic mass is 10.1. The minimum Gasteiger partial charge on any atom is -0.467 e. The summed E-state index contributed by atoms with van der Waals surface area (Å²) < 4.78 is 18.5. The smallest absolute Gasteiger partial charge is 0.125 e. The second-order valence-electron chi connectivity index (χ2n) is 3.41. The van der Waals surface area contributed by atoms with Crippen molar-refractivity contribution in [3.63, 3.8) is 0 Å². The Kier molecular flexibility index (Phi) is 3.27. The largest absolute Gasteiger partial charge is 0.467 e. The van der Waals surface area contributed by atoms with Gasteiger partial charge in [-0.25, -0.2) is 4.39 Å². The lowest BCUT2D eigenvalue weighted by molar-refractivity contribution is 0.496. The molecule has 0 aliphatic rings. The summed E-state index contributed by atoms with van der Waals surface area (Å²) in [5.74, 6) is 0.436. The Bertz CT molecular complexity index is 496. The van der Waals surface area contributed by atoms with Crippen molar-refractivity contribution in [2.45, 2.75) is 6.54 Å². The number of hydrogen-bond donors (Lipinski definition) is 1. The van der Waals surface area contributed by atoms with Crippen molar-refractivity contribution in [3.05, 3.63) is 47.1 Å². The number of halogens is 2. The number of benzene rings is 1. The summed E-state index contributed by atoms with van der Waals surface area (Å²) in [6.07, 6.45) is 1.57. The van der Waals surface area contributed by atoms with Crippen molar-refractivity contribution in [2.75, 3.05) is 7.05 Å². The van der Waals surface area contributed by atoms with E-state index < -0.39 is 0 Å². The van der Waals surface area contributed by atoms with Crippen LogP contribution in [0.15, 0.2) is 34.9 Å². The van der Waals surface area contributed by atoms with E-state index in [1.165, 1.54) is 12.1 Å². The molecule has 1 aromatic carbocycles. The van der Waals surface area contributed by atoms with Gasteiger partial charge >= 0.3 is 0 Å². The summed E-state index contributed by atoms with van der Waals surface area (Å²) >= 11 is 6.03. The summed E-state index contributed by atoms with van der Waals surface area (Å²) in [4.78, 5) is 0. The van der Waals surface area contributed by atoms with Gasteiger partial charge in [-0.05, 0) is 31.3 Å². The molecule has 0 bridgehead atoms. The maximum Gasteiger partial charge on any atom is 0.125 e. The molecule has 2 nitrogen and oxygen atoms in total. The summed E-state index contributed by atoms with van der Waals surface area (Å²) in [7, 11) is 1.82. The highest BCUT2D eigenvalue weighted by Crippen LogP contribution is 2.31. The maximum atomic E-state index is 13.2. The molecular weight excluding hydrogens is 229 g/mol. The van der Waals surface area contributed by atoms with E-state index in [0.29, 0.717) is 17.1 Å². The molecule has 0 aliphatic carbocycles. The van der Waals surface area contributed by atoms with Gasteiger partial charge in [-0.2, -0.15) is 0 Å². The second kappa shape index (κ2) is 4.68. The van der Waals surface area contributed by atoms with Gasteiger partial charge in [0, 0.05) is 16.1 Å². The van der Waals surface area contributed by atoms with Gasteiger partial charge in [0.05, 0.1) is 12.8 Å². The zero-order valence-corrected chi connectivity index (χ0v) is 9.51. The second-order valence-corrected chi connectivity index (χ2v) is 3.82. The molecule has 2 aromatic rings. The summed E-state index contributed by atoms with van der Waals surface area (Å²) in [5.41, 5.74) is 1.47. The fraction of sp³-hybridized carbons (Fsp3) is 0.167. The minimum atomic E-state index is -0.309. The van der Waals surface area contributed by atoms with E-state index in [9.17, 15) is 4.39 Å². The van der Waals surface area contributed by atoms with Gasteiger partial charge in [-0.1, -0.05) is 11.6 Å². The number of furan rings is 1. The molecule has 84 valence electrons. The van der Waals surface area contributed by atoms with Crippen molar-refractivity contribution in [1.29, 1.82) is 0 Å². The first-order valence-corrected chi connectivity index (χ1v) is 5.26. The normalized spacial score (nSPS) is 10.7. The van der Waals surface area contributed by atoms with Crippen molar-refractivity contribution in [1.82, 2.24) is 5.32 Å². The third kappa shape index (κ3) is 2.10.